The molecule has 2 rings (SSSR count). The Hall–Kier alpha value is -1.80. The molecule has 0 saturated heterocycles. The third kappa shape index (κ3) is 2.96. The van der Waals surface area contributed by atoms with Gasteiger partial charge in [0.2, 0.25) is 0 Å². The lowest BCUT2D eigenvalue weighted by molar-refractivity contribution is 0.281. The van der Waals surface area contributed by atoms with E-state index in [1.807, 2.05) is 18.2 Å². The molecule has 0 aromatic heterocycles. The zero-order valence-electron chi connectivity index (χ0n) is 11.7. The Balaban J connectivity index is 2.53. The van der Waals surface area contributed by atoms with Gasteiger partial charge in [-0.05, 0) is 34.7 Å². The van der Waals surface area contributed by atoms with Crippen LogP contribution >= 0.6 is 0 Å². The minimum Gasteiger partial charge on any atom is -0.496 e. The van der Waals surface area contributed by atoms with Crippen molar-refractivity contribution >= 4 is 0 Å². The summed E-state index contributed by atoms with van der Waals surface area (Å²) < 4.78 is 5.42. The molecular weight excluding hydrogens is 236 g/mol. The zero-order valence-corrected chi connectivity index (χ0v) is 11.7. The van der Waals surface area contributed by atoms with E-state index in [-0.39, 0.29) is 6.61 Å². The van der Waals surface area contributed by atoms with E-state index in [2.05, 4.69) is 38.1 Å². The standard InChI is InChI=1S/C17H20O2/c1-12(2)14-5-4-6-15(10-14)16-9-13(11-18)7-8-17(16)19-3/h4-10,12,18H,11H2,1-3H3. The molecule has 2 nitrogen and oxygen atoms in total. The monoisotopic (exact) mass is 256 g/mol. The maximum atomic E-state index is 9.27. The zero-order chi connectivity index (χ0) is 13.8. The molecule has 19 heavy (non-hydrogen) atoms. The second kappa shape index (κ2) is 5.89. The van der Waals surface area contributed by atoms with Gasteiger partial charge >= 0.3 is 0 Å². The van der Waals surface area contributed by atoms with Crippen LogP contribution in [0.3, 0.4) is 0 Å². The van der Waals surface area contributed by atoms with Crippen LogP contribution < -0.4 is 4.74 Å². The van der Waals surface area contributed by atoms with Crippen molar-refractivity contribution in [2.45, 2.75) is 26.4 Å². The summed E-state index contributed by atoms with van der Waals surface area (Å²) in [5.74, 6) is 1.32. The number of methoxy groups -OCH3 is 1. The van der Waals surface area contributed by atoms with Crippen LogP contribution in [0.5, 0.6) is 5.75 Å². The molecule has 0 atom stereocenters. The van der Waals surface area contributed by atoms with Crippen molar-refractivity contribution in [3.8, 4) is 16.9 Å². The van der Waals surface area contributed by atoms with E-state index in [1.54, 1.807) is 7.11 Å². The summed E-state index contributed by atoms with van der Waals surface area (Å²) in [4.78, 5) is 0. The highest BCUT2D eigenvalue weighted by Gasteiger charge is 2.08. The molecular formula is C17H20O2. The van der Waals surface area contributed by atoms with Gasteiger partial charge in [-0.25, -0.2) is 0 Å². The number of hydrogen-bond donors (Lipinski definition) is 1. The Morgan fingerprint density at radius 3 is 2.53 bits per heavy atom. The lowest BCUT2D eigenvalue weighted by Gasteiger charge is -2.12. The Morgan fingerprint density at radius 1 is 1.11 bits per heavy atom. The second-order valence-corrected chi connectivity index (χ2v) is 4.97. The Bertz CT molecular complexity index is 559. The van der Waals surface area contributed by atoms with Gasteiger partial charge in [-0.3, -0.25) is 0 Å². The first-order valence-corrected chi connectivity index (χ1v) is 6.53. The fourth-order valence-electron chi connectivity index (χ4n) is 2.14. The minimum atomic E-state index is 0.0425. The molecule has 0 amide bonds. The van der Waals surface area contributed by atoms with Gasteiger partial charge in [0.05, 0.1) is 13.7 Å². The van der Waals surface area contributed by atoms with Gasteiger partial charge in [0.15, 0.2) is 0 Å². The number of ether oxygens (including phenoxy) is 1. The summed E-state index contributed by atoms with van der Waals surface area (Å²) in [6.07, 6.45) is 0. The van der Waals surface area contributed by atoms with Crippen molar-refractivity contribution in [3.63, 3.8) is 0 Å². The Kier molecular flexibility index (Phi) is 4.23. The molecule has 100 valence electrons. The van der Waals surface area contributed by atoms with Crippen molar-refractivity contribution in [2.75, 3.05) is 7.11 Å². The van der Waals surface area contributed by atoms with Crippen LogP contribution in [0, 0.1) is 0 Å². The molecule has 2 aromatic rings. The molecule has 0 spiro atoms. The molecule has 0 fully saturated rings. The highest BCUT2D eigenvalue weighted by atomic mass is 16.5. The summed E-state index contributed by atoms with van der Waals surface area (Å²) in [6, 6.07) is 14.2. The summed E-state index contributed by atoms with van der Waals surface area (Å²) >= 11 is 0. The van der Waals surface area contributed by atoms with Crippen LogP contribution in [0.4, 0.5) is 0 Å². The van der Waals surface area contributed by atoms with Gasteiger partial charge in [-0.15, -0.1) is 0 Å². The van der Waals surface area contributed by atoms with E-state index in [0.717, 1.165) is 22.4 Å². The van der Waals surface area contributed by atoms with Crippen molar-refractivity contribution in [3.05, 3.63) is 53.6 Å². The highest BCUT2D eigenvalue weighted by Crippen LogP contribution is 2.32. The molecule has 0 unspecified atom stereocenters. The fourth-order valence-corrected chi connectivity index (χ4v) is 2.14. The van der Waals surface area contributed by atoms with Gasteiger partial charge in [-0.1, -0.05) is 44.2 Å². The average molecular weight is 256 g/mol. The molecule has 0 aliphatic rings. The van der Waals surface area contributed by atoms with Gasteiger partial charge in [-0.2, -0.15) is 0 Å². The molecule has 0 aliphatic heterocycles. The fraction of sp³-hybridized carbons (Fsp3) is 0.294. The third-order valence-corrected chi connectivity index (χ3v) is 3.31. The van der Waals surface area contributed by atoms with Crippen molar-refractivity contribution < 1.29 is 9.84 Å². The topological polar surface area (TPSA) is 29.5 Å². The minimum absolute atomic E-state index is 0.0425. The van der Waals surface area contributed by atoms with Crippen LogP contribution in [0.15, 0.2) is 42.5 Å². The van der Waals surface area contributed by atoms with Crippen molar-refractivity contribution in [1.29, 1.82) is 0 Å². The molecule has 1 N–H and O–H groups in total. The Morgan fingerprint density at radius 2 is 1.89 bits per heavy atom. The largest absolute Gasteiger partial charge is 0.496 e. The number of aliphatic hydroxyl groups excluding tert-OH is 1. The summed E-state index contributed by atoms with van der Waals surface area (Å²) in [6.45, 7) is 4.40. The summed E-state index contributed by atoms with van der Waals surface area (Å²) in [7, 11) is 1.67. The second-order valence-electron chi connectivity index (χ2n) is 4.97. The highest BCUT2D eigenvalue weighted by molar-refractivity contribution is 5.71. The number of benzene rings is 2. The normalized spacial score (nSPS) is 10.8. The SMILES string of the molecule is COc1ccc(CO)cc1-c1cccc(C(C)C)c1. The van der Waals surface area contributed by atoms with Crippen LogP contribution in [-0.4, -0.2) is 12.2 Å². The quantitative estimate of drug-likeness (QED) is 0.896. The van der Waals surface area contributed by atoms with E-state index in [9.17, 15) is 5.11 Å². The van der Waals surface area contributed by atoms with E-state index in [1.165, 1.54) is 5.56 Å². The maximum Gasteiger partial charge on any atom is 0.126 e. The maximum absolute atomic E-state index is 9.27. The van der Waals surface area contributed by atoms with Gasteiger partial charge in [0, 0.05) is 5.56 Å². The summed E-state index contributed by atoms with van der Waals surface area (Å²) in [5.41, 5.74) is 4.34. The molecule has 0 heterocycles. The first-order chi connectivity index (χ1) is 9.15. The Labute approximate surface area is 114 Å². The lowest BCUT2D eigenvalue weighted by Crippen LogP contribution is -1.93. The van der Waals surface area contributed by atoms with Crippen LogP contribution in [0.25, 0.3) is 11.1 Å². The molecule has 2 aromatic carbocycles. The number of hydrogen-bond acceptors (Lipinski definition) is 2. The molecule has 0 aliphatic carbocycles. The van der Waals surface area contributed by atoms with Crippen LogP contribution in [0.1, 0.15) is 30.9 Å². The molecule has 0 saturated carbocycles. The van der Waals surface area contributed by atoms with E-state index in [0.29, 0.717) is 5.92 Å². The first-order valence-electron chi connectivity index (χ1n) is 6.53. The summed E-state index contributed by atoms with van der Waals surface area (Å²) in [5, 5.41) is 9.27. The van der Waals surface area contributed by atoms with Crippen molar-refractivity contribution in [1.82, 2.24) is 0 Å². The van der Waals surface area contributed by atoms with E-state index in [4.69, 9.17) is 4.74 Å². The van der Waals surface area contributed by atoms with E-state index >= 15 is 0 Å². The first kappa shape index (κ1) is 13.6. The van der Waals surface area contributed by atoms with Gasteiger partial charge in [0.25, 0.3) is 0 Å². The average Bonchev–Trinajstić information content (AvgIpc) is 2.46. The van der Waals surface area contributed by atoms with Crippen LogP contribution in [-0.2, 0) is 6.61 Å². The molecule has 2 heteroatoms. The van der Waals surface area contributed by atoms with E-state index < -0.39 is 0 Å². The smallest absolute Gasteiger partial charge is 0.126 e. The molecule has 0 bridgehead atoms. The van der Waals surface area contributed by atoms with Gasteiger partial charge < -0.3 is 9.84 Å². The molecule has 0 radical (unpaired) electrons. The van der Waals surface area contributed by atoms with Crippen molar-refractivity contribution in [2.24, 2.45) is 0 Å². The van der Waals surface area contributed by atoms with Gasteiger partial charge in [0.1, 0.15) is 5.75 Å². The third-order valence-electron chi connectivity index (χ3n) is 3.31. The predicted molar refractivity (Wildman–Crippen MR) is 78.4 cm³/mol. The predicted octanol–water partition coefficient (Wildman–Crippen LogP) is 3.98. The number of rotatable bonds is 4. The number of aliphatic hydroxyl groups is 1. The van der Waals surface area contributed by atoms with Crippen LogP contribution in [0.2, 0.25) is 0 Å². The lowest BCUT2D eigenvalue weighted by atomic mass is 9.96.